The topological polar surface area (TPSA) is 247 Å². The van der Waals surface area contributed by atoms with E-state index in [0.717, 1.165) is 128 Å². The van der Waals surface area contributed by atoms with E-state index in [2.05, 4.69) is 128 Å². The van der Waals surface area contributed by atoms with E-state index in [4.69, 9.17) is 0 Å². The average molecular weight is 987 g/mol. The van der Waals surface area contributed by atoms with E-state index >= 15 is 0 Å². The molecular weight excluding hydrogens is 891 g/mol. The molecule has 0 N–H and O–H groups in total. The average Bonchev–Trinajstić information content (AvgIpc) is 3.18. The zero-order valence-electron chi connectivity index (χ0n) is 44.2. The van der Waals surface area contributed by atoms with Gasteiger partial charge in [0.15, 0.2) is 0 Å². The third-order valence-electron chi connectivity index (χ3n) is 9.50. The molecule has 0 saturated carbocycles. The quantitative estimate of drug-likeness (QED) is 0.0470. The molecule has 0 atom stereocenters. The van der Waals surface area contributed by atoms with E-state index in [1.54, 1.807) is 0 Å². The van der Waals surface area contributed by atoms with Crippen LogP contribution < -0.4 is 26.3 Å². The van der Waals surface area contributed by atoms with Crippen molar-refractivity contribution in [3.05, 3.63) is 0 Å². The third kappa shape index (κ3) is 81.9. The largest absolute Gasteiger partial charge is 5.00 e. The molecule has 0 spiro atoms. The maximum atomic E-state index is 10.4. The van der Waals surface area contributed by atoms with E-state index < -0.39 is 29.8 Å². The minimum atomic E-state index is -0.643. The monoisotopic (exact) mass is 987 g/mol. The van der Waals surface area contributed by atoms with Crippen molar-refractivity contribution in [3.8, 4) is 0 Å². The molecule has 0 amide bonds. The fourth-order valence-corrected chi connectivity index (χ4v) is 5.72. The predicted octanol–water partition coefficient (Wildman–Crippen LogP) is 9.01. The van der Waals surface area contributed by atoms with Gasteiger partial charge in [0.05, 0.1) is 0 Å². The Hall–Kier alpha value is -2.27. The summed E-state index contributed by atoms with van der Waals surface area (Å²) in [5.74, 6) is -3.21. The molecule has 0 bridgehead atoms. The molecule has 66 heavy (non-hydrogen) atoms. The fourth-order valence-electron chi connectivity index (χ4n) is 5.72. The molecule has 390 valence electrons. The van der Waals surface area contributed by atoms with Gasteiger partial charge in [-0.2, -0.15) is 0 Å². The molecule has 15 nitrogen and oxygen atoms in total. The van der Waals surface area contributed by atoms with Gasteiger partial charge in [-0.3, -0.25) is 24.0 Å². The van der Waals surface area contributed by atoms with Crippen molar-refractivity contribution in [1.29, 1.82) is 0 Å². The first-order valence-corrected chi connectivity index (χ1v) is 23.9. The van der Waals surface area contributed by atoms with Gasteiger partial charge in [-0.1, -0.05) is 168 Å². The summed E-state index contributed by atoms with van der Waals surface area (Å²) >= 11 is 0. The molecule has 0 aromatic carbocycles. The van der Waals surface area contributed by atoms with Crippen molar-refractivity contribution in [3.63, 3.8) is 0 Å². The number of carbonyl (C=O) groups excluding carboxylic acids is 5. The van der Waals surface area contributed by atoms with E-state index in [9.17, 15) is 50.3 Å². The molecule has 0 fully saturated rings. The summed E-state index contributed by atoms with van der Waals surface area (Å²) in [5, 5.41) is 48.0. The maximum Gasteiger partial charge on any atom is 5.00 e. The Kier molecular flexibility index (Phi) is 51.5. The summed E-state index contributed by atoms with van der Waals surface area (Å²) in [6, 6.07) is 0. The van der Waals surface area contributed by atoms with Crippen molar-refractivity contribution in [2.45, 2.75) is 264 Å². The second-order valence-corrected chi connectivity index (χ2v) is 22.9. The first-order chi connectivity index (χ1) is 29.8. The minimum Gasteiger partial charge on any atom is -0.662 e. The Bertz CT molecular complexity index is 950. The second-order valence-electron chi connectivity index (χ2n) is 22.9. The normalized spacial score (nSPS) is 11.2. The second kappa shape index (κ2) is 45.2. The van der Waals surface area contributed by atoms with Gasteiger partial charge < -0.3 is 50.7 Å². The molecule has 0 rings (SSSR count). The van der Waals surface area contributed by atoms with E-state index in [1.165, 1.54) is 0 Å². The summed E-state index contributed by atoms with van der Waals surface area (Å²) < 4.78 is 0. The van der Waals surface area contributed by atoms with Crippen molar-refractivity contribution in [1.82, 2.24) is 0 Å². The molecule has 0 aromatic rings. The summed E-state index contributed by atoms with van der Waals surface area (Å²) in [6.07, 6.45) is 21.4. The van der Waals surface area contributed by atoms with E-state index in [0.29, 0.717) is 27.1 Å². The molecular formula is C50H95O15V. The van der Waals surface area contributed by atoms with Gasteiger partial charge in [0, 0.05) is 32.1 Å². The van der Waals surface area contributed by atoms with Crippen LogP contribution in [0.5, 0.6) is 0 Å². The summed E-state index contributed by atoms with van der Waals surface area (Å²) in [6.45, 7) is 32.9. The van der Waals surface area contributed by atoms with Crippen LogP contribution in [0.4, 0.5) is 0 Å². The van der Waals surface area contributed by atoms with Gasteiger partial charge in [-0.25, -0.2) is 0 Å². The van der Waals surface area contributed by atoms with Crippen LogP contribution in [-0.4, -0.2) is 29.8 Å². The molecule has 0 unspecified atom stereocenters. The molecule has 16 heteroatoms. The van der Waals surface area contributed by atoms with Crippen LogP contribution in [0.3, 0.4) is 0 Å². The van der Waals surface area contributed by atoms with Crippen LogP contribution in [-0.2, 0) is 67.0 Å². The minimum absolute atomic E-state index is 0. The number of hydrogen-bond acceptors (Lipinski definition) is 15. The van der Waals surface area contributed by atoms with Gasteiger partial charge in [0.2, 0.25) is 0 Å². The van der Waals surface area contributed by atoms with Gasteiger partial charge in [0.1, 0.15) is 0 Å². The number of unbranched alkanes of at least 4 members (excludes halogenated alkanes) is 10. The smallest absolute Gasteiger partial charge is 0.662 e. The Morgan fingerprint density at radius 2 is 0.379 bits per heavy atom. The fraction of sp³-hybridized carbons (Fsp3) is 0.900. The Morgan fingerprint density at radius 3 is 0.470 bits per heavy atom. The van der Waals surface area contributed by atoms with Crippen LogP contribution in [0, 0.1) is 27.1 Å². The molecule has 0 heterocycles. The van der Waals surface area contributed by atoms with Crippen LogP contribution >= 0.6 is 0 Å². The molecule has 0 aliphatic carbocycles. The van der Waals surface area contributed by atoms with Crippen LogP contribution in [0.1, 0.15) is 264 Å². The Labute approximate surface area is 413 Å². The van der Waals surface area contributed by atoms with Gasteiger partial charge >= 0.3 is 18.6 Å². The van der Waals surface area contributed by atoms with Crippen LogP contribution in [0.2, 0.25) is 0 Å². The molecule has 0 radical (unpaired) electrons. The van der Waals surface area contributed by atoms with Crippen LogP contribution in [0.15, 0.2) is 0 Å². The van der Waals surface area contributed by atoms with E-state index in [-0.39, 0.29) is 50.7 Å². The maximum absolute atomic E-state index is 10.4. The molecule has 0 aliphatic rings. The zero-order valence-corrected chi connectivity index (χ0v) is 45.6. The van der Waals surface area contributed by atoms with E-state index in [1.807, 2.05) is 0 Å². The van der Waals surface area contributed by atoms with Crippen molar-refractivity contribution in [2.75, 3.05) is 0 Å². The van der Waals surface area contributed by atoms with Crippen LogP contribution in [0.25, 0.3) is 0 Å². The van der Waals surface area contributed by atoms with Gasteiger partial charge in [-0.15, -0.1) is 0 Å². The molecule has 0 aliphatic heterocycles. The predicted molar refractivity (Wildman–Crippen MR) is 243 cm³/mol. The number of carbonyl (C=O) groups is 5. The van der Waals surface area contributed by atoms with Crippen molar-refractivity contribution < 1.29 is 93.3 Å². The first kappa shape index (κ1) is 75.3. The standard InChI is InChI=1S/5C10H20O3.V/c5*1-10(2,3)8-6-4-5-7-9(11)13-12;/h5*12H,4-8H2,1-3H3;/q;;;;;+5/p-5. The number of rotatable bonds is 25. The summed E-state index contributed by atoms with van der Waals surface area (Å²) in [4.78, 5) is 68.7. The van der Waals surface area contributed by atoms with Crippen molar-refractivity contribution in [2.24, 2.45) is 27.1 Å². The van der Waals surface area contributed by atoms with Gasteiger partial charge in [-0.05, 0) is 91.3 Å². The first-order valence-electron chi connectivity index (χ1n) is 23.9. The third-order valence-corrected chi connectivity index (χ3v) is 9.50. The summed E-state index contributed by atoms with van der Waals surface area (Å²) in [5.41, 5.74) is 1.80. The van der Waals surface area contributed by atoms with Crippen molar-refractivity contribution >= 4 is 29.8 Å². The Balaban J connectivity index is -0.000000170. The van der Waals surface area contributed by atoms with Gasteiger partial charge in [0.25, 0.3) is 29.8 Å². The SMILES string of the molecule is CC(C)(C)CCCCCC(=O)O[O-].CC(C)(C)CCCCCC(=O)O[O-].CC(C)(C)CCCCCC(=O)O[O-].CC(C)(C)CCCCCC(=O)O[O-].CC(C)(C)CCCCCC(=O)O[O-].[V+5]. The molecule has 0 aromatic heterocycles. The molecule has 0 saturated heterocycles. The number of hydrogen-bond donors (Lipinski definition) is 0. The Morgan fingerprint density at radius 1 is 0.258 bits per heavy atom. The summed E-state index contributed by atoms with van der Waals surface area (Å²) in [7, 11) is 0. The zero-order chi connectivity index (χ0) is 51.6.